The second-order valence-electron chi connectivity index (χ2n) is 7.96. The number of amides is 2. The molecule has 3 rings (SSSR count). The molecule has 2 aromatic rings. The van der Waals surface area contributed by atoms with Gasteiger partial charge in [0.15, 0.2) is 5.78 Å². The Labute approximate surface area is 179 Å². The summed E-state index contributed by atoms with van der Waals surface area (Å²) in [6.07, 6.45) is -0.887. The molecule has 1 aliphatic rings. The third-order valence-electron chi connectivity index (χ3n) is 5.38. The molecule has 0 bridgehead atoms. The van der Waals surface area contributed by atoms with Crippen molar-refractivity contribution in [1.29, 1.82) is 0 Å². The van der Waals surface area contributed by atoms with E-state index in [4.69, 9.17) is 0 Å². The molecule has 2 aromatic heterocycles. The molecule has 0 aromatic carbocycles. The number of rotatable bonds is 7. The summed E-state index contributed by atoms with van der Waals surface area (Å²) in [5.41, 5.74) is 0.991. The fourth-order valence-electron chi connectivity index (χ4n) is 3.64. The quantitative estimate of drug-likeness (QED) is 0.657. The minimum atomic E-state index is -4.55. The molecule has 0 spiro atoms. The number of aromatic nitrogens is 2. The summed E-state index contributed by atoms with van der Waals surface area (Å²) in [6, 6.07) is 5.20. The zero-order valence-electron chi connectivity index (χ0n) is 17.7. The topological polar surface area (TPSA) is 66.4 Å². The van der Waals surface area contributed by atoms with E-state index in [0.29, 0.717) is 5.69 Å². The summed E-state index contributed by atoms with van der Waals surface area (Å²) >= 11 is 0. The first-order valence-corrected chi connectivity index (χ1v) is 10.2. The first-order chi connectivity index (χ1) is 14.6. The minimum Gasteiger partial charge on any atom is -0.312 e. The van der Waals surface area contributed by atoms with Gasteiger partial charge in [0.05, 0.1) is 30.9 Å². The Bertz CT molecular complexity index is 945. The highest BCUT2D eigenvalue weighted by molar-refractivity contribution is 5.97. The SMILES string of the molecule is CCc1ccnc(CC(=O)CN2C(=O)N(c3ccc(C(F)(F)F)nc3)C[C@@H]2C(C)C)c1. The van der Waals surface area contributed by atoms with Crippen LogP contribution < -0.4 is 4.90 Å². The van der Waals surface area contributed by atoms with Crippen molar-refractivity contribution < 1.29 is 22.8 Å². The predicted molar refractivity (Wildman–Crippen MR) is 110 cm³/mol. The summed E-state index contributed by atoms with van der Waals surface area (Å²) in [5, 5.41) is 0. The van der Waals surface area contributed by atoms with E-state index in [1.165, 1.54) is 15.9 Å². The third kappa shape index (κ3) is 5.21. The van der Waals surface area contributed by atoms with Crippen LogP contribution in [0.25, 0.3) is 0 Å². The number of hydrogen-bond acceptors (Lipinski definition) is 4. The minimum absolute atomic E-state index is 0.0608. The molecular formula is C22H25F3N4O2. The molecule has 0 radical (unpaired) electrons. The molecule has 0 saturated carbocycles. The number of aryl methyl sites for hydroxylation is 1. The molecule has 9 heteroatoms. The van der Waals surface area contributed by atoms with Gasteiger partial charge in [-0.3, -0.25) is 14.7 Å². The van der Waals surface area contributed by atoms with E-state index in [-0.39, 0.29) is 42.9 Å². The molecule has 0 unspecified atom stereocenters. The summed E-state index contributed by atoms with van der Waals surface area (Å²) < 4.78 is 38.3. The van der Waals surface area contributed by atoms with Gasteiger partial charge in [0.2, 0.25) is 0 Å². The van der Waals surface area contributed by atoms with E-state index < -0.39 is 17.9 Å². The van der Waals surface area contributed by atoms with E-state index in [2.05, 4.69) is 9.97 Å². The van der Waals surface area contributed by atoms with Crippen LogP contribution in [0.3, 0.4) is 0 Å². The molecule has 2 amide bonds. The third-order valence-corrected chi connectivity index (χ3v) is 5.38. The van der Waals surface area contributed by atoms with E-state index in [9.17, 15) is 22.8 Å². The lowest BCUT2D eigenvalue weighted by atomic mass is 10.0. The average Bonchev–Trinajstić information content (AvgIpc) is 3.04. The van der Waals surface area contributed by atoms with Crippen LogP contribution in [-0.4, -0.2) is 45.8 Å². The van der Waals surface area contributed by atoms with E-state index >= 15 is 0 Å². The predicted octanol–water partition coefficient (Wildman–Crippen LogP) is 4.14. The molecule has 166 valence electrons. The molecule has 1 aliphatic heterocycles. The first-order valence-electron chi connectivity index (χ1n) is 10.2. The number of carbonyl (C=O) groups excluding carboxylic acids is 2. The lowest BCUT2D eigenvalue weighted by molar-refractivity contribution is -0.141. The number of ketones is 1. The van der Waals surface area contributed by atoms with Crippen molar-refractivity contribution in [3.8, 4) is 0 Å². The van der Waals surface area contributed by atoms with Gasteiger partial charge >= 0.3 is 12.2 Å². The number of pyridine rings is 2. The summed E-state index contributed by atoms with van der Waals surface area (Å²) in [5.74, 6) is -0.0853. The number of nitrogens with zero attached hydrogens (tertiary/aromatic N) is 4. The zero-order chi connectivity index (χ0) is 22.8. The van der Waals surface area contributed by atoms with Crippen molar-refractivity contribution in [2.45, 2.75) is 45.8 Å². The van der Waals surface area contributed by atoms with Crippen molar-refractivity contribution in [1.82, 2.24) is 14.9 Å². The number of carbonyl (C=O) groups is 2. The largest absolute Gasteiger partial charge is 0.433 e. The second-order valence-corrected chi connectivity index (χ2v) is 7.96. The highest BCUT2D eigenvalue weighted by Gasteiger charge is 2.41. The van der Waals surface area contributed by atoms with Crippen LogP contribution in [0.15, 0.2) is 36.7 Å². The molecular weight excluding hydrogens is 409 g/mol. The van der Waals surface area contributed by atoms with Gasteiger partial charge in [0.25, 0.3) is 0 Å². The van der Waals surface area contributed by atoms with Crippen molar-refractivity contribution in [3.63, 3.8) is 0 Å². The summed E-state index contributed by atoms with van der Waals surface area (Å²) in [6.45, 7) is 6.10. The van der Waals surface area contributed by atoms with Gasteiger partial charge in [0, 0.05) is 18.4 Å². The number of anilines is 1. The van der Waals surface area contributed by atoms with Crippen LogP contribution >= 0.6 is 0 Å². The Morgan fingerprint density at radius 1 is 1.23 bits per heavy atom. The lowest BCUT2D eigenvalue weighted by Crippen LogP contribution is -2.41. The van der Waals surface area contributed by atoms with Crippen LogP contribution in [0.4, 0.5) is 23.7 Å². The Hall–Kier alpha value is -2.97. The van der Waals surface area contributed by atoms with Gasteiger partial charge in [0.1, 0.15) is 5.69 Å². The molecule has 0 aliphatic carbocycles. The van der Waals surface area contributed by atoms with E-state index in [1.54, 1.807) is 6.20 Å². The maximum atomic E-state index is 13.0. The number of alkyl halides is 3. The molecule has 1 atom stereocenters. The van der Waals surface area contributed by atoms with Gasteiger partial charge in [-0.15, -0.1) is 0 Å². The van der Waals surface area contributed by atoms with Crippen molar-refractivity contribution in [3.05, 3.63) is 53.6 Å². The van der Waals surface area contributed by atoms with Gasteiger partial charge in [-0.25, -0.2) is 9.78 Å². The second kappa shape index (κ2) is 9.03. The Balaban J connectivity index is 1.75. The summed E-state index contributed by atoms with van der Waals surface area (Å²) in [4.78, 5) is 36.3. The number of urea groups is 1. The fraction of sp³-hybridized carbons (Fsp3) is 0.455. The Morgan fingerprint density at radius 3 is 2.55 bits per heavy atom. The Morgan fingerprint density at radius 2 is 1.97 bits per heavy atom. The lowest BCUT2D eigenvalue weighted by Gasteiger charge is -2.25. The van der Waals surface area contributed by atoms with Crippen LogP contribution in [-0.2, 0) is 23.8 Å². The summed E-state index contributed by atoms with van der Waals surface area (Å²) in [7, 11) is 0. The molecule has 1 saturated heterocycles. The fourth-order valence-corrected chi connectivity index (χ4v) is 3.64. The maximum absolute atomic E-state index is 13.0. The van der Waals surface area contributed by atoms with Crippen LogP contribution in [0.2, 0.25) is 0 Å². The monoisotopic (exact) mass is 434 g/mol. The number of halogens is 3. The number of Topliss-reactive ketones (excluding diaryl/α,β-unsaturated/α-hetero) is 1. The zero-order valence-corrected chi connectivity index (χ0v) is 17.7. The molecule has 1 fully saturated rings. The van der Waals surface area contributed by atoms with Gasteiger partial charge < -0.3 is 4.90 Å². The smallest absolute Gasteiger partial charge is 0.312 e. The van der Waals surface area contributed by atoms with Gasteiger partial charge in [-0.05, 0) is 42.2 Å². The van der Waals surface area contributed by atoms with Crippen LogP contribution in [0.5, 0.6) is 0 Å². The van der Waals surface area contributed by atoms with Crippen molar-refractivity contribution in [2.75, 3.05) is 18.0 Å². The standard InChI is InChI=1S/C22H25F3N4O2/c1-4-15-7-8-26-16(9-15)10-18(30)12-29-19(14(2)3)13-28(21(29)31)17-5-6-20(27-11-17)22(23,24)25/h5-9,11,14,19H,4,10,12-13H2,1-3H3/t19-/m1/s1. The van der Waals surface area contributed by atoms with Crippen molar-refractivity contribution in [2.24, 2.45) is 5.92 Å². The van der Waals surface area contributed by atoms with Crippen molar-refractivity contribution >= 4 is 17.5 Å². The van der Waals surface area contributed by atoms with Crippen LogP contribution in [0.1, 0.15) is 37.7 Å². The molecule has 0 N–H and O–H groups in total. The van der Waals surface area contributed by atoms with Gasteiger partial charge in [-0.1, -0.05) is 20.8 Å². The maximum Gasteiger partial charge on any atom is 0.433 e. The highest BCUT2D eigenvalue weighted by atomic mass is 19.4. The number of hydrogen-bond donors (Lipinski definition) is 0. The van der Waals surface area contributed by atoms with E-state index in [0.717, 1.165) is 24.2 Å². The first kappa shape index (κ1) is 22.7. The highest BCUT2D eigenvalue weighted by Crippen LogP contribution is 2.31. The van der Waals surface area contributed by atoms with E-state index in [1.807, 2.05) is 32.9 Å². The Kier molecular flexibility index (Phi) is 6.62. The van der Waals surface area contributed by atoms with Crippen LogP contribution in [0, 0.1) is 5.92 Å². The molecule has 31 heavy (non-hydrogen) atoms. The molecule has 6 nitrogen and oxygen atoms in total. The normalized spacial score (nSPS) is 17.0. The average molecular weight is 434 g/mol. The van der Waals surface area contributed by atoms with Gasteiger partial charge in [-0.2, -0.15) is 13.2 Å². The molecule has 3 heterocycles.